The first-order chi connectivity index (χ1) is 6.04. The van der Waals surface area contributed by atoms with E-state index in [4.69, 9.17) is 23.2 Å². The SMILES string of the molecule is CC(I)C(=O)c1c(Cl)cccc1Cl. The van der Waals surface area contributed by atoms with Gasteiger partial charge in [0.2, 0.25) is 0 Å². The van der Waals surface area contributed by atoms with Crippen LogP contribution in [0.25, 0.3) is 0 Å². The number of ketones is 1. The molecule has 70 valence electrons. The number of carbonyl (C=O) groups excluding carboxylic acids is 1. The highest BCUT2D eigenvalue weighted by molar-refractivity contribution is 14.1. The lowest BCUT2D eigenvalue weighted by Gasteiger charge is -2.06. The molecule has 13 heavy (non-hydrogen) atoms. The lowest BCUT2D eigenvalue weighted by molar-refractivity contribution is 0.0999. The number of benzene rings is 1. The molecule has 0 saturated carbocycles. The van der Waals surface area contributed by atoms with Gasteiger partial charge in [-0.15, -0.1) is 0 Å². The summed E-state index contributed by atoms with van der Waals surface area (Å²) in [5.74, 6) is -0.0313. The van der Waals surface area contributed by atoms with E-state index in [1.54, 1.807) is 18.2 Å². The van der Waals surface area contributed by atoms with Crippen LogP contribution in [0.3, 0.4) is 0 Å². The van der Waals surface area contributed by atoms with Crippen LogP contribution in [0.1, 0.15) is 17.3 Å². The van der Waals surface area contributed by atoms with Crippen LogP contribution in [0.5, 0.6) is 0 Å². The smallest absolute Gasteiger partial charge is 0.178 e. The summed E-state index contributed by atoms with van der Waals surface area (Å²) in [6, 6.07) is 5.05. The Morgan fingerprint density at radius 1 is 1.38 bits per heavy atom. The van der Waals surface area contributed by atoms with Crippen LogP contribution < -0.4 is 0 Å². The molecule has 0 aliphatic heterocycles. The van der Waals surface area contributed by atoms with Crippen molar-refractivity contribution >= 4 is 51.6 Å². The first-order valence-electron chi connectivity index (χ1n) is 3.66. The highest BCUT2D eigenvalue weighted by Gasteiger charge is 2.17. The van der Waals surface area contributed by atoms with Crippen molar-refractivity contribution in [2.24, 2.45) is 0 Å². The van der Waals surface area contributed by atoms with Crippen molar-refractivity contribution in [1.29, 1.82) is 0 Å². The number of hydrogen-bond donors (Lipinski definition) is 0. The summed E-state index contributed by atoms with van der Waals surface area (Å²) in [5, 5.41) is 0.835. The van der Waals surface area contributed by atoms with E-state index >= 15 is 0 Å². The highest BCUT2D eigenvalue weighted by atomic mass is 127. The van der Waals surface area contributed by atoms with Crippen molar-refractivity contribution < 1.29 is 4.79 Å². The predicted octanol–water partition coefficient (Wildman–Crippen LogP) is 4.00. The first-order valence-corrected chi connectivity index (χ1v) is 5.66. The average molecular weight is 329 g/mol. The quantitative estimate of drug-likeness (QED) is 0.455. The molecule has 1 atom stereocenters. The summed E-state index contributed by atoms with van der Waals surface area (Å²) < 4.78 is -0.116. The second-order valence-corrected chi connectivity index (χ2v) is 5.26. The second kappa shape index (κ2) is 4.62. The van der Waals surface area contributed by atoms with Crippen LogP contribution in [0.2, 0.25) is 10.0 Å². The lowest BCUT2D eigenvalue weighted by Crippen LogP contribution is -2.10. The number of halogens is 3. The number of rotatable bonds is 2. The number of alkyl halides is 1. The van der Waals surface area contributed by atoms with E-state index in [9.17, 15) is 4.79 Å². The molecular formula is C9H7Cl2IO. The molecule has 0 fully saturated rings. The van der Waals surface area contributed by atoms with Crippen LogP contribution in [0, 0.1) is 0 Å². The minimum absolute atomic E-state index is 0.0313. The Balaban J connectivity index is 3.20. The monoisotopic (exact) mass is 328 g/mol. The van der Waals surface area contributed by atoms with Crippen LogP contribution >= 0.6 is 45.8 Å². The Morgan fingerprint density at radius 3 is 2.23 bits per heavy atom. The molecule has 1 unspecified atom stereocenters. The molecule has 0 bridgehead atoms. The molecule has 1 rings (SSSR count). The molecule has 0 aromatic heterocycles. The fourth-order valence-electron chi connectivity index (χ4n) is 0.932. The normalized spacial score (nSPS) is 12.6. The van der Waals surface area contributed by atoms with Gasteiger partial charge in [0.1, 0.15) is 0 Å². The maximum Gasteiger partial charge on any atom is 0.178 e. The van der Waals surface area contributed by atoms with Gasteiger partial charge < -0.3 is 0 Å². The third kappa shape index (κ3) is 2.58. The summed E-state index contributed by atoms with van der Waals surface area (Å²) in [7, 11) is 0. The van der Waals surface area contributed by atoms with Gasteiger partial charge in [0, 0.05) is 0 Å². The van der Waals surface area contributed by atoms with Gasteiger partial charge in [-0.05, 0) is 19.1 Å². The third-order valence-corrected chi connectivity index (χ3v) is 2.77. The zero-order valence-electron chi connectivity index (χ0n) is 6.85. The minimum Gasteiger partial charge on any atom is -0.293 e. The summed E-state index contributed by atoms with van der Waals surface area (Å²) in [6.45, 7) is 1.81. The van der Waals surface area contributed by atoms with Crippen LogP contribution in [-0.4, -0.2) is 9.71 Å². The maximum absolute atomic E-state index is 11.6. The number of Topliss-reactive ketones (excluding diaryl/α,β-unsaturated/α-hetero) is 1. The van der Waals surface area contributed by atoms with E-state index in [0.717, 1.165) is 0 Å². The highest BCUT2D eigenvalue weighted by Crippen LogP contribution is 2.26. The Morgan fingerprint density at radius 2 is 1.85 bits per heavy atom. The lowest BCUT2D eigenvalue weighted by atomic mass is 10.1. The van der Waals surface area contributed by atoms with E-state index < -0.39 is 0 Å². The molecule has 0 N–H and O–H groups in total. The van der Waals surface area contributed by atoms with Crippen LogP contribution in [0.4, 0.5) is 0 Å². The summed E-state index contributed by atoms with van der Waals surface area (Å²) in [6.07, 6.45) is 0. The standard InChI is InChI=1S/C9H7Cl2IO/c1-5(12)9(13)8-6(10)3-2-4-7(8)11/h2-5H,1H3. The van der Waals surface area contributed by atoms with E-state index in [2.05, 4.69) is 0 Å². The average Bonchev–Trinajstić information content (AvgIpc) is 2.03. The van der Waals surface area contributed by atoms with E-state index in [-0.39, 0.29) is 9.71 Å². The van der Waals surface area contributed by atoms with Crippen molar-refractivity contribution in [2.45, 2.75) is 10.8 Å². The van der Waals surface area contributed by atoms with Gasteiger partial charge in [-0.1, -0.05) is 51.9 Å². The predicted molar refractivity (Wildman–Crippen MR) is 64.3 cm³/mol. The molecule has 1 nitrogen and oxygen atoms in total. The molecule has 4 heteroatoms. The van der Waals surface area contributed by atoms with Crippen molar-refractivity contribution in [3.05, 3.63) is 33.8 Å². The van der Waals surface area contributed by atoms with Crippen molar-refractivity contribution in [3.8, 4) is 0 Å². The van der Waals surface area contributed by atoms with Crippen molar-refractivity contribution in [2.75, 3.05) is 0 Å². The number of hydrogen-bond acceptors (Lipinski definition) is 1. The molecule has 0 radical (unpaired) electrons. The summed E-state index contributed by atoms with van der Waals surface area (Å²) in [4.78, 5) is 11.6. The van der Waals surface area contributed by atoms with E-state index in [1.165, 1.54) is 0 Å². The third-order valence-electron chi connectivity index (χ3n) is 1.57. The molecule has 0 saturated heterocycles. The Kier molecular flexibility index (Phi) is 4.01. The largest absolute Gasteiger partial charge is 0.293 e. The zero-order chi connectivity index (χ0) is 10.0. The van der Waals surface area contributed by atoms with Crippen molar-refractivity contribution in [3.63, 3.8) is 0 Å². The minimum atomic E-state index is -0.116. The first kappa shape index (κ1) is 11.3. The van der Waals surface area contributed by atoms with Gasteiger partial charge in [0.05, 0.1) is 19.5 Å². The molecule has 1 aromatic carbocycles. The van der Waals surface area contributed by atoms with E-state index in [0.29, 0.717) is 15.6 Å². The molecule has 0 amide bonds. The topological polar surface area (TPSA) is 17.1 Å². The Bertz CT molecular complexity index is 316. The Labute approximate surface area is 101 Å². The van der Waals surface area contributed by atoms with Crippen LogP contribution in [-0.2, 0) is 0 Å². The van der Waals surface area contributed by atoms with Gasteiger partial charge in [0.15, 0.2) is 5.78 Å². The second-order valence-electron chi connectivity index (χ2n) is 2.58. The molecular weight excluding hydrogens is 322 g/mol. The molecule has 0 aliphatic rings. The van der Waals surface area contributed by atoms with Gasteiger partial charge in [-0.25, -0.2) is 0 Å². The molecule has 1 aromatic rings. The van der Waals surface area contributed by atoms with Gasteiger partial charge in [-0.3, -0.25) is 4.79 Å². The molecule has 0 heterocycles. The van der Waals surface area contributed by atoms with Crippen molar-refractivity contribution in [1.82, 2.24) is 0 Å². The summed E-state index contributed by atoms with van der Waals surface area (Å²) in [5.41, 5.74) is 0.424. The van der Waals surface area contributed by atoms with E-state index in [1.807, 2.05) is 29.5 Å². The zero-order valence-corrected chi connectivity index (χ0v) is 10.5. The van der Waals surface area contributed by atoms with Crippen LogP contribution in [0.15, 0.2) is 18.2 Å². The fourth-order valence-corrected chi connectivity index (χ4v) is 1.83. The molecule has 0 aliphatic carbocycles. The fraction of sp³-hybridized carbons (Fsp3) is 0.222. The maximum atomic E-state index is 11.6. The van der Waals surface area contributed by atoms with Gasteiger partial charge in [0.25, 0.3) is 0 Å². The van der Waals surface area contributed by atoms with Gasteiger partial charge in [-0.2, -0.15) is 0 Å². The van der Waals surface area contributed by atoms with Gasteiger partial charge >= 0.3 is 0 Å². The Hall–Kier alpha value is 0.200. The molecule has 0 spiro atoms. The number of carbonyl (C=O) groups is 1. The summed E-state index contributed by atoms with van der Waals surface area (Å²) >= 11 is 13.8.